The van der Waals surface area contributed by atoms with E-state index in [9.17, 15) is 26.4 Å². The summed E-state index contributed by atoms with van der Waals surface area (Å²) in [5, 5.41) is 3.20. The second kappa shape index (κ2) is 12.0. The van der Waals surface area contributed by atoms with Crippen molar-refractivity contribution in [1.29, 1.82) is 0 Å². The highest BCUT2D eigenvalue weighted by atomic mass is 79.9. The van der Waals surface area contributed by atoms with Crippen molar-refractivity contribution in [3.63, 3.8) is 0 Å². The largest absolute Gasteiger partial charge is 0.493 e. The van der Waals surface area contributed by atoms with Crippen LogP contribution in [0.1, 0.15) is 11.1 Å². The molecule has 0 bridgehead atoms. The molecule has 1 amide bonds. The molecule has 0 atom stereocenters. The van der Waals surface area contributed by atoms with E-state index in [1.807, 2.05) is 0 Å². The quantitative estimate of drug-likeness (QED) is 0.248. The molecule has 14 heteroatoms. The van der Waals surface area contributed by atoms with Crippen molar-refractivity contribution in [3.05, 3.63) is 81.3 Å². The molecule has 0 aliphatic rings. The van der Waals surface area contributed by atoms with Gasteiger partial charge in [0, 0.05) is 0 Å². The normalized spacial score (nSPS) is 11.9. The van der Waals surface area contributed by atoms with E-state index in [4.69, 9.17) is 21.1 Å². The molecule has 0 aliphatic heterocycles. The number of carbonyl (C=O) groups is 1. The molecule has 3 rings (SSSR count). The van der Waals surface area contributed by atoms with E-state index < -0.39 is 44.9 Å². The van der Waals surface area contributed by atoms with Crippen LogP contribution in [0.3, 0.4) is 0 Å². The highest BCUT2D eigenvalue weighted by molar-refractivity contribution is 9.10. The van der Waals surface area contributed by atoms with E-state index >= 15 is 0 Å². The van der Waals surface area contributed by atoms with E-state index in [2.05, 4.69) is 26.5 Å². The Morgan fingerprint density at radius 2 is 1.79 bits per heavy atom. The molecule has 202 valence electrons. The first-order valence-corrected chi connectivity index (χ1v) is 13.2. The third kappa shape index (κ3) is 6.77. The van der Waals surface area contributed by atoms with E-state index in [1.165, 1.54) is 44.7 Å². The molecule has 0 radical (unpaired) electrons. The van der Waals surface area contributed by atoms with Gasteiger partial charge in [-0.05, 0) is 64.0 Å². The highest BCUT2D eigenvalue weighted by Crippen LogP contribution is 2.38. The third-order valence-corrected chi connectivity index (χ3v) is 7.73. The standard InChI is InChI=1S/C24H20BrClF3N3O5S/c1-36-21-11-15(10-19(25)23(21)37-2)13-30-31-22(33)14-32(38(34,35)17-6-4-3-5-7-17)16-8-9-20(26)18(12-16)24(27,28)29/h3-13H,14H2,1-2H3,(H,31,33)/b30-13-. The average molecular weight is 635 g/mol. The van der Waals surface area contributed by atoms with Gasteiger partial charge in [0.25, 0.3) is 15.9 Å². The number of amides is 1. The fourth-order valence-electron chi connectivity index (χ4n) is 3.28. The molecule has 38 heavy (non-hydrogen) atoms. The average Bonchev–Trinajstić information content (AvgIpc) is 2.87. The monoisotopic (exact) mass is 633 g/mol. The molecule has 0 aliphatic carbocycles. The van der Waals surface area contributed by atoms with E-state index in [0.29, 0.717) is 31.9 Å². The van der Waals surface area contributed by atoms with Crippen molar-refractivity contribution < 1.29 is 35.9 Å². The van der Waals surface area contributed by atoms with Crippen molar-refractivity contribution in [2.75, 3.05) is 25.1 Å². The maximum Gasteiger partial charge on any atom is 0.417 e. The summed E-state index contributed by atoms with van der Waals surface area (Å²) < 4.78 is 78.6. The minimum atomic E-state index is -4.85. The lowest BCUT2D eigenvalue weighted by Gasteiger charge is -2.24. The van der Waals surface area contributed by atoms with Crippen molar-refractivity contribution in [2.45, 2.75) is 11.1 Å². The number of anilines is 1. The lowest BCUT2D eigenvalue weighted by atomic mass is 10.2. The molecular formula is C24H20BrClF3N3O5S. The van der Waals surface area contributed by atoms with Gasteiger partial charge in [0.15, 0.2) is 11.5 Å². The number of methoxy groups -OCH3 is 2. The van der Waals surface area contributed by atoms with Crippen LogP contribution in [0, 0.1) is 0 Å². The first kappa shape index (κ1) is 29.3. The molecule has 0 saturated carbocycles. The van der Waals surface area contributed by atoms with Gasteiger partial charge in [0.1, 0.15) is 6.54 Å². The molecule has 0 saturated heterocycles. The second-order valence-corrected chi connectivity index (χ2v) is 10.6. The molecule has 0 heterocycles. The van der Waals surface area contributed by atoms with Gasteiger partial charge in [-0.1, -0.05) is 29.8 Å². The molecular weight excluding hydrogens is 615 g/mol. The molecule has 3 aromatic rings. The Morgan fingerprint density at radius 3 is 2.39 bits per heavy atom. The number of nitrogens with one attached hydrogen (secondary N) is 1. The Morgan fingerprint density at radius 1 is 1.11 bits per heavy atom. The number of nitrogens with zero attached hydrogens (tertiary/aromatic N) is 2. The summed E-state index contributed by atoms with van der Waals surface area (Å²) in [6, 6.07) is 12.8. The van der Waals surface area contributed by atoms with Crippen molar-refractivity contribution in [3.8, 4) is 11.5 Å². The van der Waals surface area contributed by atoms with Crippen molar-refractivity contribution in [1.82, 2.24) is 5.43 Å². The zero-order chi connectivity index (χ0) is 28.1. The van der Waals surface area contributed by atoms with Crippen molar-refractivity contribution in [2.24, 2.45) is 5.10 Å². The minimum Gasteiger partial charge on any atom is -0.493 e. The van der Waals surface area contributed by atoms with Crippen LogP contribution in [0.2, 0.25) is 5.02 Å². The molecule has 0 aromatic heterocycles. The summed E-state index contributed by atoms with van der Waals surface area (Å²) in [4.78, 5) is 12.5. The van der Waals surface area contributed by atoms with Gasteiger partial charge in [0.05, 0.1) is 46.1 Å². The molecule has 3 aromatic carbocycles. The Bertz CT molecular complexity index is 1450. The predicted octanol–water partition coefficient (Wildman–Crippen LogP) is 5.48. The number of hydrazone groups is 1. The van der Waals surface area contributed by atoms with Gasteiger partial charge in [-0.2, -0.15) is 18.3 Å². The number of rotatable bonds is 9. The van der Waals surface area contributed by atoms with Crippen molar-refractivity contribution >= 4 is 55.4 Å². The van der Waals surface area contributed by atoms with Crippen LogP contribution in [0.25, 0.3) is 0 Å². The summed E-state index contributed by atoms with van der Waals surface area (Å²) >= 11 is 9.02. The Balaban J connectivity index is 1.92. The van der Waals surface area contributed by atoms with Crippen LogP contribution in [-0.2, 0) is 21.0 Å². The lowest BCUT2D eigenvalue weighted by Crippen LogP contribution is -2.39. The number of hydrogen-bond acceptors (Lipinski definition) is 6. The van der Waals surface area contributed by atoms with Gasteiger partial charge < -0.3 is 9.47 Å². The summed E-state index contributed by atoms with van der Waals surface area (Å²) in [5.41, 5.74) is 1.03. The number of hydrogen-bond donors (Lipinski definition) is 1. The van der Waals surface area contributed by atoms with E-state index in [1.54, 1.807) is 18.2 Å². The summed E-state index contributed by atoms with van der Waals surface area (Å²) in [7, 11) is -1.55. The van der Waals surface area contributed by atoms with Gasteiger partial charge in [-0.3, -0.25) is 9.10 Å². The molecule has 0 unspecified atom stereocenters. The molecule has 1 N–H and O–H groups in total. The van der Waals surface area contributed by atoms with Gasteiger partial charge >= 0.3 is 6.18 Å². The zero-order valence-electron chi connectivity index (χ0n) is 19.8. The third-order valence-electron chi connectivity index (χ3n) is 5.02. The molecule has 0 spiro atoms. The lowest BCUT2D eigenvalue weighted by molar-refractivity contribution is -0.137. The van der Waals surface area contributed by atoms with Crippen LogP contribution in [-0.4, -0.2) is 41.3 Å². The van der Waals surface area contributed by atoms with Crippen LogP contribution in [0.4, 0.5) is 18.9 Å². The Labute approximate surface area is 230 Å². The van der Waals surface area contributed by atoms with E-state index in [0.717, 1.165) is 12.1 Å². The topological polar surface area (TPSA) is 97.3 Å². The second-order valence-electron chi connectivity index (χ2n) is 7.52. The number of benzene rings is 3. The Hall–Kier alpha value is -3.29. The van der Waals surface area contributed by atoms with Gasteiger partial charge in [0.2, 0.25) is 0 Å². The fourth-order valence-corrected chi connectivity index (χ4v) is 5.56. The maximum absolute atomic E-state index is 13.5. The highest BCUT2D eigenvalue weighted by Gasteiger charge is 2.35. The molecule has 0 fully saturated rings. The van der Waals surface area contributed by atoms with Gasteiger partial charge in [-0.15, -0.1) is 0 Å². The van der Waals surface area contributed by atoms with E-state index in [-0.39, 0.29) is 4.90 Å². The minimum absolute atomic E-state index is 0.227. The summed E-state index contributed by atoms with van der Waals surface area (Å²) in [6.45, 7) is -0.872. The van der Waals surface area contributed by atoms with Crippen LogP contribution in [0.5, 0.6) is 11.5 Å². The van der Waals surface area contributed by atoms with Crippen LogP contribution >= 0.6 is 27.5 Å². The number of carbonyl (C=O) groups excluding carboxylic acids is 1. The van der Waals surface area contributed by atoms with Crippen LogP contribution < -0.4 is 19.2 Å². The number of ether oxygens (including phenoxy) is 2. The zero-order valence-corrected chi connectivity index (χ0v) is 23.0. The fraction of sp³-hybridized carbons (Fsp3) is 0.167. The number of sulfonamides is 1. The van der Waals surface area contributed by atoms with Crippen LogP contribution in [0.15, 0.2) is 75.1 Å². The molecule has 8 nitrogen and oxygen atoms in total. The number of halogens is 5. The summed E-state index contributed by atoms with van der Waals surface area (Å²) in [5.74, 6) is -0.0848. The van der Waals surface area contributed by atoms with Gasteiger partial charge in [-0.25, -0.2) is 13.8 Å². The Kier molecular flexibility index (Phi) is 9.28. The first-order chi connectivity index (χ1) is 17.9. The smallest absolute Gasteiger partial charge is 0.417 e. The maximum atomic E-state index is 13.5. The SMILES string of the molecule is COc1cc(/C=N\NC(=O)CN(c2ccc(Cl)c(C(F)(F)F)c2)S(=O)(=O)c2ccccc2)cc(Br)c1OC. The number of alkyl halides is 3. The predicted molar refractivity (Wildman–Crippen MR) is 140 cm³/mol. The first-order valence-electron chi connectivity index (χ1n) is 10.6. The summed E-state index contributed by atoms with van der Waals surface area (Å²) in [6.07, 6.45) is -3.58.